The van der Waals surface area contributed by atoms with Gasteiger partial charge in [0.15, 0.2) is 5.76 Å². The van der Waals surface area contributed by atoms with Crippen molar-refractivity contribution in [3.05, 3.63) is 60.2 Å². The van der Waals surface area contributed by atoms with Gasteiger partial charge in [0.2, 0.25) is 5.95 Å². The second-order valence-electron chi connectivity index (χ2n) is 6.83. The summed E-state index contributed by atoms with van der Waals surface area (Å²) in [5.74, 6) is 2.35. The molecule has 0 aliphatic carbocycles. The fourth-order valence-corrected chi connectivity index (χ4v) is 3.29. The van der Waals surface area contributed by atoms with Crippen LogP contribution in [0.5, 0.6) is 5.75 Å². The largest absolute Gasteiger partial charge is 0.495 e. The van der Waals surface area contributed by atoms with Crippen LogP contribution in [0.1, 0.15) is 16.1 Å². The molecule has 1 amide bonds. The minimum Gasteiger partial charge on any atom is -0.495 e. The summed E-state index contributed by atoms with van der Waals surface area (Å²) in [7, 11) is 1.64. The average Bonchev–Trinajstić information content (AvgIpc) is 3.29. The fraction of sp³-hybridized carbons (Fsp3) is 0.286. The van der Waals surface area contributed by atoms with Crippen LogP contribution in [0, 0.1) is 6.92 Å². The number of nitrogens with one attached hydrogen (secondary N) is 1. The van der Waals surface area contributed by atoms with Crippen molar-refractivity contribution in [3.8, 4) is 5.75 Å². The summed E-state index contributed by atoms with van der Waals surface area (Å²) >= 11 is 0. The highest BCUT2D eigenvalue weighted by molar-refractivity contribution is 5.91. The first-order valence-corrected chi connectivity index (χ1v) is 9.46. The Hall–Kier alpha value is -3.55. The molecule has 0 bridgehead atoms. The molecule has 0 unspecified atom stereocenters. The number of hydrogen-bond donors (Lipinski definition) is 1. The van der Waals surface area contributed by atoms with Crippen molar-refractivity contribution < 1.29 is 13.9 Å². The first-order chi connectivity index (χ1) is 14.1. The van der Waals surface area contributed by atoms with Crippen LogP contribution in [-0.4, -0.2) is 54.1 Å². The Morgan fingerprint density at radius 3 is 2.72 bits per heavy atom. The Balaban J connectivity index is 1.43. The third-order valence-electron chi connectivity index (χ3n) is 4.84. The summed E-state index contributed by atoms with van der Waals surface area (Å²) in [6.07, 6.45) is 3.24. The highest BCUT2D eigenvalue weighted by Crippen LogP contribution is 2.28. The molecule has 1 aliphatic rings. The van der Waals surface area contributed by atoms with Crippen molar-refractivity contribution in [3.63, 3.8) is 0 Å². The number of piperazine rings is 1. The zero-order valence-corrected chi connectivity index (χ0v) is 16.5. The summed E-state index contributed by atoms with van der Waals surface area (Å²) in [4.78, 5) is 25.3. The maximum absolute atomic E-state index is 12.4. The van der Waals surface area contributed by atoms with E-state index >= 15 is 0 Å². The molecule has 150 valence electrons. The summed E-state index contributed by atoms with van der Waals surface area (Å²) in [6.45, 7) is 4.52. The van der Waals surface area contributed by atoms with Crippen molar-refractivity contribution in [2.24, 2.45) is 0 Å². The van der Waals surface area contributed by atoms with E-state index in [-0.39, 0.29) is 5.91 Å². The SMILES string of the molecule is COc1ccc(C)cc1Nc1ccnc(N2CCN(C(=O)c3ccco3)CC2)n1. The number of ether oxygens (including phenoxy) is 1. The van der Waals surface area contributed by atoms with Crippen molar-refractivity contribution in [1.29, 1.82) is 0 Å². The van der Waals surface area contributed by atoms with Gasteiger partial charge in [-0.15, -0.1) is 0 Å². The lowest BCUT2D eigenvalue weighted by molar-refractivity contribution is 0.0714. The van der Waals surface area contributed by atoms with E-state index in [0.29, 0.717) is 43.7 Å². The van der Waals surface area contributed by atoms with Crippen LogP contribution in [0.2, 0.25) is 0 Å². The van der Waals surface area contributed by atoms with Crippen LogP contribution in [0.3, 0.4) is 0 Å². The van der Waals surface area contributed by atoms with Gasteiger partial charge in [-0.3, -0.25) is 4.79 Å². The molecule has 1 N–H and O–H groups in total. The van der Waals surface area contributed by atoms with Crippen LogP contribution in [0.25, 0.3) is 0 Å². The van der Waals surface area contributed by atoms with Gasteiger partial charge in [0.1, 0.15) is 11.6 Å². The highest BCUT2D eigenvalue weighted by atomic mass is 16.5. The zero-order valence-electron chi connectivity index (χ0n) is 16.5. The minimum atomic E-state index is -0.0856. The van der Waals surface area contributed by atoms with Crippen LogP contribution in [0.4, 0.5) is 17.5 Å². The summed E-state index contributed by atoms with van der Waals surface area (Å²) in [5.41, 5.74) is 1.98. The number of methoxy groups -OCH3 is 1. The van der Waals surface area contributed by atoms with Gasteiger partial charge >= 0.3 is 0 Å². The molecule has 1 fully saturated rings. The molecule has 4 rings (SSSR count). The second-order valence-corrected chi connectivity index (χ2v) is 6.83. The van der Waals surface area contributed by atoms with Gasteiger partial charge in [0.05, 0.1) is 19.1 Å². The van der Waals surface area contributed by atoms with Gasteiger partial charge in [-0.2, -0.15) is 4.98 Å². The van der Waals surface area contributed by atoms with Gasteiger partial charge in [0.25, 0.3) is 5.91 Å². The van der Waals surface area contributed by atoms with Gasteiger partial charge in [-0.1, -0.05) is 6.07 Å². The molecule has 0 saturated carbocycles. The predicted molar refractivity (Wildman–Crippen MR) is 110 cm³/mol. The van der Waals surface area contributed by atoms with E-state index in [1.54, 1.807) is 30.3 Å². The standard InChI is InChI=1S/C21H23N5O3/c1-15-5-6-17(28-2)16(14-15)23-19-7-8-22-21(24-19)26-11-9-25(10-12-26)20(27)18-4-3-13-29-18/h3-8,13-14H,9-12H2,1-2H3,(H,22,23,24). The molecule has 1 saturated heterocycles. The van der Waals surface area contributed by atoms with Crippen LogP contribution in [0.15, 0.2) is 53.3 Å². The molecule has 29 heavy (non-hydrogen) atoms. The lowest BCUT2D eigenvalue weighted by Gasteiger charge is -2.34. The predicted octanol–water partition coefficient (Wildman–Crippen LogP) is 3.09. The van der Waals surface area contributed by atoms with Crippen molar-refractivity contribution in [1.82, 2.24) is 14.9 Å². The smallest absolute Gasteiger partial charge is 0.289 e. The van der Waals surface area contributed by atoms with E-state index in [4.69, 9.17) is 9.15 Å². The Morgan fingerprint density at radius 2 is 2.00 bits per heavy atom. The highest BCUT2D eigenvalue weighted by Gasteiger charge is 2.25. The van der Waals surface area contributed by atoms with Crippen LogP contribution < -0.4 is 15.0 Å². The first kappa shape index (κ1) is 18.8. The van der Waals surface area contributed by atoms with Crippen LogP contribution in [-0.2, 0) is 0 Å². The van der Waals surface area contributed by atoms with Crippen LogP contribution >= 0.6 is 0 Å². The Labute approximate surface area is 169 Å². The van der Waals surface area contributed by atoms with Gasteiger partial charge in [-0.25, -0.2) is 4.98 Å². The molecule has 2 aromatic heterocycles. The lowest BCUT2D eigenvalue weighted by atomic mass is 10.2. The van der Waals surface area contributed by atoms with E-state index in [0.717, 1.165) is 17.0 Å². The number of rotatable bonds is 5. The maximum Gasteiger partial charge on any atom is 0.289 e. The zero-order chi connectivity index (χ0) is 20.2. The Morgan fingerprint density at radius 1 is 1.17 bits per heavy atom. The molecule has 0 spiro atoms. The van der Waals surface area contributed by atoms with Crippen molar-refractivity contribution in [2.45, 2.75) is 6.92 Å². The lowest BCUT2D eigenvalue weighted by Crippen LogP contribution is -2.49. The van der Waals surface area contributed by atoms with Gasteiger partial charge in [0, 0.05) is 32.4 Å². The molecule has 1 aliphatic heterocycles. The monoisotopic (exact) mass is 393 g/mol. The number of carbonyl (C=O) groups excluding carboxylic acids is 1. The topological polar surface area (TPSA) is 83.7 Å². The minimum absolute atomic E-state index is 0.0856. The Bertz CT molecular complexity index is 982. The number of anilines is 3. The molecular weight excluding hydrogens is 370 g/mol. The number of amides is 1. The van der Waals surface area contributed by atoms with Gasteiger partial charge in [-0.05, 0) is 42.8 Å². The maximum atomic E-state index is 12.4. The number of benzene rings is 1. The summed E-state index contributed by atoms with van der Waals surface area (Å²) < 4.78 is 10.6. The van der Waals surface area contributed by atoms with E-state index in [2.05, 4.69) is 20.2 Å². The van der Waals surface area contributed by atoms with E-state index in [1.807, 2.05) is 31.2 Å². The fourth-order valence-electron chi connectivity index (χ4n) is 3.29. The molecular formula is C21H23N5O3. The normalized spacial score (nSPS) is 14.0. The van der Waals surface area contributed by atoms with E-state index < -0.39 is 0 Å². The van der Waals surface area contributed by atoms with E-state index in [1.165, 1.54) is 6.26 Å². The Kier molecular flexibility index (Phi) is 5.33. The number of aryl methyl sites for hydroxylation is 1. The number of carbonyl (C=O) groups is 1. The number of furan rings is 1. The molecule has 1 aromatic carbocycles. The van der Waals surface area contributed by atoms with Crippen molar-refractivity contribution in [2.75, 3.05) is 43.5 Å². The summed E-state index contributed by atoms with van der Waals surface area (Å²) in [5, 5.41) is 3.31. The van der Waals surface area contributed by atoms with Crippen molar-refractivity contribution >= 4 is 23.4 Å². The third kappa shape index (κ3) is 4.16. The quantitative estimate of drug-likeness (QED) is 0.713. The molecule has 0 atom stereocenters. The summed E-state index contributed by atoms with van der Waals surface area (Å²) in [6, 6.07) is 11.2. The molecule has 3 aromatic rings. The average molecular weight is 393 g/mol. The number of nitrogens with zero attached hydrogens (tertiary/aromatic N) is 4. The second kappa shape index (κ2) is 8.22. The molecule has 8 heteroatoms. The number of aromatic nitrogens is 2. The number of hydrogen-bond acceptors (Lipinski definition) is 7. The molecule has 8 nitrogen and oxygen atoms in total. The van der Waals surface area contributed by atoms with Gasteiger partial charge < -0.3 is 24.3 Å². The molecule has 3 heterocycles. The molecule has 0 radical (unpaired) electrons. The third-order valence-corrected chi connectivity index (χ3v) is 4.84. The first-order valence-electron chi connectivity index (χ1n) is 9.46. The van der Waals surface area contributed by atoms with E-state index in [9.17, 15) is 4.79 Å².